The Labute approximate surface area is 59.9 Å². The van der Waals surface area contributed by atoms with Gasteiger partial charge >= 0.3 is 0 Å². The highest BCUT2D eigenvalue weighted by atomic mass is 16.4. The molecule has 2 N–H and O–H groups in total. The van der Waals surface area contributed by atoms with Gasteiger partial charge in [0.1, 0.15) is 5.76 Å². The molecule has 0 fully saturated rings. The van der Waals surface area contributed by atoms with Crippen LogP contribution in [-0.4, -0.2) is 27.9 Å². The molecule has 0 unspecified atom stereocenters. The van der Waals surface area contributed by atoms with E-state index in [-0.39, 0.29) is 5.76 Å². The molecule has 1 heterocycles. The van der Waals surface area contributed by atoms with Crippen molar-refractivity contribution in [1.29, 1.82) is 0 Å². The lowest BCUT2D eigenvalue weighted by Gasteiger charge is -2.34. The molecule has 0 radical (unpaired) electrons. The van der Waals surface area contributed by atoms with Crippen molar-refractivity contribution < 1.29 is 10.2 Å². The summed E-state index contributed by atoms with van der Waals surface area (Å²) in [6.45, 7) is 1.53. The van der Waals surface area contributed by atoms with E-state index in [4.69, 9.17) is 5.11 Å². The minimum Gasteiger partial charge on any atom is -0.507 e. The van der Waals surface area contributed by atoms with Gasteiger partial charge in [0.15, 0.2) is 5.72 Å². The molecule has 0 aromatic heterocycles. The Balaban J connectivity index is 2.93. The van der Waals surface area contributed by atoms with E-state index in [1.54, 1.807) is 19.3 Å². The summed E-state index contributed by atoms with van der Waals surface area (Å²) in [7, 11) is 1.69. The van der Waals surface area contributed by atoms with Crippen LogP contribution in [0.4, 0.5) is 0 Å². The number of rotatable bonds is 0. The van der Waals surface area contributed by atoms with E-state index >= 15 is 0 Å². The van der Waals surface area contributed by atoms with E-state index in [2.05, 4.69) is 0 Å². The van der Waals surface area contributed by atoms with Crippen LogP contribution in [0.1, 0.15) is 6.92 Å². The maximum Gasteiger partial charge on any atom is 0.193 e. The highest BCUT2D eigenvalue weighted by Crippen LogP contribution is 2.21. The van der Waals surface area contributed by atoms with Gasteiger partial charge in [-0.2, -0.15) is 0 Å². The second-order valence-corrected chi connectivity index (χ2v) is 2.53. The highest BCUT2D eigenvalue weighted by Gasteiger charge is 2.30. The number of hydrogen-bond donors (Lipinski definition) is 2. The molecule has 0 aromatic carbocycles. The molecule has 0 amide bonds. The van der Waals surface area contributed by atoms with Crippen molar-refractivity contribution in [3.8, 4) is 0 Å². The first-order valence-electron chi connectivity index (χ1n) is 3.08. The second-order valence-electron chi connectivity index (χ2n) is 2.53. The number of aliphatic hydroxyl groups is 2. The molecule has 10 heavy (non-hydrogen) atoms. The van der Waals surface area contributed by atoms with Crippen molar-refractivity contribution in [2.75, 3.05) is 7.05 Å². The van der Waals surface area contributed by atoms with Gasteiger partial charge in [-0.25, -0.2) is 0 Å². The number of hydrogen-bond acceptors (Lipinski definition) is 3. The van der Waals surface area contributed by atoms with Gasteiger partial charge in [-0.15, -0.1) is 0 Å². The molecular formula is C7H11NO2. The van der Waals surface area contributed by atoms with Crippen molar-refractivity contribution in [2.24, 2.45) is 0 Å². The predicted molar refractivity (Wildman–Crippen MR) is 38.2 cm³/mol. The highest BCUT2D eigenvalue weighted by molar-refractivity contribution is 5.19. The molecule has 1 aliphatic rings. The van der Waals surface area contributed by atoms with Crippen LogP contribution in [0.2, 0.25) is 0 Å². The van der Waals surface area contributed by atoms with Crippen LogP contribution in [0.25, 0.3) is 0 Å². The van der Waals surface area contributed by atoms with Crippen molar-refractivity contribution in [2.45, 2.75) is 12.6 Å². The first-order valence-corrected chi connectivity index (χ1v) is 3.08. The van der Waals surface area contributed by atoms with Crippen LogP contribution >= 0.6 is 0 Å². The number of likely N-dealkylation sites (N-methyl/N-ethyl adjacent to an activating group) is 1. The summed E-state index contributed by atoms with van der Waals surface area (Å²) in [5.41, 5.74) is -1.24. The van der Waals surface area contributed by atoms with Crippen LogP contribution < -0.4 is 0 Å². The number of aliphatic hydroxyl groups excluding tert-OH is 1. The van der Waals surface area contributed by atoms with Crippen molar-refractivity contribution in [3.05, 3.63) is 24.1 Å². The lowest BCUT2D eigenvalue weighted by Crippen LogP contribution is -2.43. The molecule has 56 valence electrons. The fourth-order valence-corrected chi connectivity index (χ4v) is 0.747. The Morgan fingerprint density at radius 3 is 2.60 bits per heavy atom. The third-order valence-corrected chi connectivity index (χ3v) is 1.74. The zero-order chi connectivity index (χ0) is 7.78. The first kappa shape index (κ1) is 7.15. The van der Waals surface area contributed by atoms with Crippen molar-refractivity contribution >= 4 is 0 Å². The van der Waals surface area contributed by atoms with Crippen LogP contribution in [-0.2, 0) is 0 Å². The Morgan fingerprint density at radius 1 is 1.60 bits per heavy atom. The summed E-state index contributed by atoms with van der Waals surface area (Å²) in [5.74, 6) is -0.0301. The average Bonchev–Trinajstić information content (AvgIpc) is 1.84. The van der Waals surface area contributed by atoms with E-state index in [0.717, 1.165) is 0 Å². The average molecular weight is 141 g/mol. The quantitative estimate of drug-likeness (QED) is 0.519. The van der Waals surface area contributed by atoms with Gasteiger partial charge < -0.3 is 15.1 Å². The second kappa shape index (κ2) is 2.02. The number of allylic oxidation sites excluding steroid dienone is 2. The third kappa shape index (κ3) is 0.885. The summed E-state index contributed by atoms with van der Waals surface area (Å²) in [5, 5.41) is 18.6. The Kier molecular flexibility index (Phi) is 1.45. The smallest absolute Gasteiger partial charge is 0.193 e. The largest absolute Gasteiger partial charge is 0.507 e. The molecule has 0 aliphatic carbocycles. The topological polar surface area (TPSA) is 43.7 Å². The zero-order valence-electron chi connectivity index (χ0n) is 6.07. The molecule has 3 nitrogen and oxygen atoms in total. The predicted octanol–water partition coefficient (Wildman–Crippen LogP) is 0.596. The molecule has 3 heteroatoms. The minimum atomic E-state index is -1.24. The fourth-order valence-electron chi connectivity index (χ4n) is 0.747. The summed E-state index contributed by atoms with van der Waals surface area (Å²) < 4.78 is 0. The van der Waals surface area contributed by atoms with E-state index in [1.807, 2.05) is 0 Å². The van der Waals surface area contributed by atoms with Crippen LogP contribution in [0.15, 0.2) is 24.1 Å². The molecule has 0 saturated heterocycles. The SMILES string of the molecule is CN1C=CC=C(O)[C@@]1(C)O. The van der Waals surface area contributed by atoms with Gasteiger partial charge in [-0.05, 0) is 19.1 Å². The molecule has 0 bridgehead atoms. The van der Waals surface area contributed by atoms with Gasteiger partial charge in [0, 0.05) is 13.2 Å². The Morgan fingerprint density at radius 2 is 2.20 bits per heavy atom. The van der Waals surface area contributed by atoms with E-state index in [0.29, 0.717) is 0 Å². The zero-order valence-corrected chi connectivity index (χ0v) is 6.07. The summed E-state index contributed by atoms with van der Waals surface area (Å²) in [4.78, 5) is 1.53. The van der Waals surface area contributed by atoms with Crippen LogP contribution in [0.3, 0.4) is 0 Å². The van der Waals surface area contributed by atoms with Crippen LogP contribution in [0.5, 0.6) is 0 Å². The molecule has 0 aromatic rings. The van der Waals surface area contributed by atoms with Gasteiger partial charge in [0.25, 0.3) is 0 Å². The van der Waals surface area contributed by atoms with E-state index < -0.39 is 5.72 Å². The standard InChI is InChI=1S/C7H11NO2/c1-7(10)6(9)4-3-5-8(7)2/h3-5,9-10H,1-2H3/t7-/m1/s1. The van der Waals surface area contributed by atoms with E-state index in [1.165, 1.54) is 17.9 Å². The lowest BCUT2D eigenvalue weighted by atomic mass is 10.1. The van der Waals surface area contributed by atoms with Gasteiger partial charge in [0.2, 0.25) is 0 Å². The molecular weight excluding hydrogens is 130 g/mol. The molecule has 1 rings (SSSR count). The normalized spacial score (nSPS) is 32.3. The van der Waals surface area contributed by atoms with Gasteiger partial charge in [0.05, 0.1) is 0 Å². The van der Waals surface area contributed by atoms with Crippen molar-refractivity contribution in [3.63, 3.8) is 0 Å². The summed E-state index contributed by atoms with van der Waals surface area (Å²) in [6.07, 6.45) is 4.84. The Hall–Kier alpha value is -0.960. The molecule has 1 atom stereocenters. The van der Waals surface area contributed by atoms with Crippen LogP contribution in [0, 0.1) is 0 Å². The minimum absolute atomic E-state index is 0.0301. The molecule has 0 saturated carbocycles. The molecule has 0 spiro atoms. The molecule has 1 aliphatic heterocycles. The summed E-state index contributed by atoms with van der Waals surface area (Å²) >= 11 is 0. The van der Waals surface area contributed by atoms with Gasteiger partial charge in [-0.3, -0.25) is 0 Å². The van der Waals surface area contributed by atoms with Crippen molar-refractivity contribution in [1.82, 2.24) is 4.90 Å². The Bertz CT molecular complexity index is 194. The number of nitrogens with zero attached hydrogens (tertiary/aromatic N) is 1. The third-order valence-electron chi connectivity index (χ3n) is 1.74. The summed E-state index contributed by atoms with van der Waals surface area (Å²) in [6, 6.07) is 0. The van der Waals surface area contributed by atoms with E-state index in [9.17, 15) is 5.11 Å². The lowest BCUT2D eigenvalue weighted by molar-refractivity contribution is -0.0523. The first-order chi connectivity index (χ1) is 4.55. The van der Waals surface area contributed by atoms with Gasteiger partial charge in [-0.1, -0.05) is 0 Å². The fraction of sp³-hybridized carbons (Fsp3) is 0.429. The monoisotopic (exact) mass is 141 g/mol. The maximum atomic E-state index is 9.47. The maximum absolute atomic E-state index is 9.47.